The van der Waals surface area contributed by atoms with E-state index in [2.05, 4.69) is 28.9 Å². The SMILES string of the molecule is CCn1c2ccccc2c2cc(NC(=O)Cn3c(C)cc(C)c(C#N)c3=O)ccc21. The number of para-hydroxylation sites is 1. The third-order valence-corrected chi connectivity index (χ3v) is 5.49. The van der Waals surface area contributed by atoms with Crippen LogP contribution in [-0.2, 0) is 17.9 Å². The van der Waals surface area contributed by atoms with E-state index in [1.165, 1.54) is 4.57 Å². The maximum absolute atomic E-state index is 12.7. The lowest BCUT2D eigenvalue weighted by atomic mass is 10.1. The van der Waals surface area contributed by atoms with Crippen LogP contribution in [0.25, 0.3) is 21.8 Å². The first-order chi connectivity index (χ1) is 14.4. The summed E-state index contributed by atoms with van der Waals surface area (Å²) >= 11 is 0. The van der Waals surface area contributed by atoms with Gasteiger partial charge in [-0.2, -0.15) is 5.26 Å². The summed E-state index contributed by atoms with van der Waals surface area (Å²) < 4.78 is 3.58. The molecule has 0 fully saturated rings. The number of rotatable bonds is 4. The summed E-state index contributed by atoms with van der Waals surface area (Å²) in [5, 5.41) is 14.3. The van der Waals surface area contributed by atoms with Gasteiger partial charge in [0.25, 0.3) is 5.56 Å². The van der Waals surface area contributed by atoms with Crippen LogP contribution in [0.3, 0.4) is 0 Å². The summed E-state index contributed by atoms with van der Waals surface area (Å²) in [5.41, 5.74) is 3.84. The zero-order chi connectivity index (χ0) is 21.4. The normalized spacial score (nSPS) is 11.0. The van der Waals surface area contributed by atoms with Gasteiger partial charge in [-0.25, -0.2) is 0 Å². The summed E-state index contributed by atoms with van der Waals surface area (Å²) in [7, 11) is 0. The average molecular weight is 398 g/mol. The van der Waals surface area contributed by atoms with Crippen LogP contribution in [0.5, 0.6) is 0 Å². The number of hydrogen-bond acceptors (Lipinski definition) is 3. The summed E-state index contributed by atoms with van der Waals surface area (Å²) in [5.74, 6) is -0.313. The monoisotopic (exact) mass is 398 g/mol. The number of nitriles is 1. The second-order valence-electron chi connectivity index (χ2n) is 7.39. The number of amides is 1. The number of anilines is 1. The molecular formula is C24H22N4O2. The fourth-order valence-electron chi connectivity index (χ4n) is 4.08. The number of aryl methyl sites for hydroxylation is 3. The topological polar surface area (TPSA) is 79.8 Å². The first-order valence-electron chi connectivity index (χ1n) is 9.86. The van der Waals surface area contributed by atoms with Crippen LogP contribution in [0.15, 0.2) is 53.3 Å². The molecular weight excluding hydrogens is 376 g/mol. The summed E-state index contributed by atoms with van der Waals surface area (Å²) in [6.07, 6.45) is 0. The number of nitrogens with one attached hydrogen (secondary N) is 1. The van der Waals surface area contributed by atoms with Crippen LogP contribution in [0.2, 0.25) is 0 Å². The third kappa shape index (κ3) is 3.15. The van der Waals surface area contributed by atoms with Crippen molar-refractivity contribution in [1.82, 2.24) is 9.13 Å². The molecule has 0 saturated carbocycles. The Bertz CT molecular complexity index is 1400. The Balaban J connectivity index is 1.67. The van der Waals surface area contributed by atoms with Crippen molar-refractivity contribution >= 4 is 33.4 Å². The minimum Gasteiger partial charge on any atom is -0.341 e. The van der Waals surface area contributed by atoms with Crippen molar-refractivity contribution < 1.29 is 4.79 Å². The zero-order valence-electron chi connectivity index (χ0n) is 17.2. The van der Waals surface area contributed by atoms with Crippen molar-refractivity contribution in [3.8, 4) is 6.07 Å². The molecule has 0 aliphatic carbocycles. The van der Waals surface area contributed by atoms with Crippen molar-refractivity contribution in [2.45, 2.75) is 33.9 Å². The molecule has 0 aliphatic heterocycles. The number of aromatic nitrogens is 2. The van der Waals surface area contributed by atoms with E-state index in [9.17, 15) is 14.9 Å². The minimum atomic E-state index is -0.438. The van der Waals surface area contributed by atoms with Crippen molar-refractivity contribution in [3.63, 3.8) is 0 Å². The number of benzene rings is 2. The second-order valence-corrected chi connectivity index (χ2v) is 7.39. The van der Waals surface area contributed by atoms with Gasteiger partial charge in [-0.15, -0.1) is 0 Å². The predicted octanol–water partition coefficient (Wildman–Crippen LogP) is 4.10. The van der Waals surface area contributed by atoms with Gasteiger partial charge in [-0.1, -0.05) is 18.2 Å². The Morgan fingerprint density at radius 2 is 1.77 bits per heavy atom. The van der Waals surface area contributed by atoms with Crippen molar-refractivity contribution in [1.29, 1.82) is 5.26 Å². The predicted molar refractivity (Wildman–Crippen MR) is 119 cm³/mol. The van der Waals surface area contributed by atoms with E-state index in [1.807, 2.05) is 36.4 Å². The molecule has 0 radical (unpaired) electrons. The van der Waals surface area contributed by atoms with Gasteiger partial charge in [-0.3, -0.25) is 9.59 Å². The van der Waals surface area contributed by atoms with Gasteiger partial charge < -0.3 is 14.5 Å². The smallest absolute Gasteiger partial charge is 0.269 e. The molecule has 0 saturated heterocycles. The lowest BCUT2D eigenvalue weighted by Crippen LogP contribution is -2.31. The van der Waals surface area contributed by atoms with Crippen LogP contribution < -0.4 is 10.9 Å². The lowest BCUT2D eigenvalue weighted by molar-refractivity contribution is -0.116. The Morgan fingerprint density at radius 1 is 1.03 bits per heavy atom. The maximum atomic E-state index is 12.7. The van der Waals surface area contributed by atoms with E-state index in [1.54, 1.807) is 19.9 Å². The molecule has 30 heavy (non-hydrogen) atoms. The fraction of sp³-hybridized carbons (Fsp3) is 0.208. The first kappa shape index (κ1) is 19.5. The summed E-state index contributed by atoms with van der Waals surface area (Å²) in [6.45, 7) is 6.30. The van der Waals surface area contributed by atoms with Crippen molar-refractivity contribution in [3.05, 3.63) is 75.7 Å². The highest BCUT2D eigenvalue weighted by molar-refractivity contribution is 6.09. The molecule has 0 atom stereocenters. The van der Waals surface area contributed by atoms with Crippen LogP contribution in [-0.4, -0.2) is 15.0 Å². The van der Waals surface area contributed by atoms with Crippen LogP contribution in [0, 0.1) is 25.2 Å². The molecule has 1 N–H and O–H groups in total. The van der Waals surface area contributed by atoms with E-state index in [-0.39, 0.29) is 18.0 Å². The van der Waals surface area contributed by atoms with Gasteiger partial charge in [0.2, 0.25) is 5.91 Å². The maximum Gasteiger partial charge on any atom is 0.269 e. The van der Waals surface area contributed by atoms with E-state index in [0.29, 0.717) is 16.9 Å². The van der Waals surface area contributed by atoms with Gasteiger partial charge in [0, 0.05) is 39.7 Å². The van der Waals surface area contributed by atoms with E-state index < -0.39 is 5.56 Å². The lowest BCUT2D eigenvalue weighted by Gasteiger charge is -2.12. The highest BCUT2D eigenvalue weighted by Crippen LogP contribution is 2.30. The highest BCUT2D eigenvalue weighted by atomic mass is 16.2. The van der Waals surface area contributed by atoms with Crippen molar-refractivity contribution in [2.24, 2.45) is 0 Å². The number of carbonyl (C=O) groups is 1. The molecule has 0 aliphatic rings. The zero-order valence-corrected chi connectivity index (χ0v) is 17.2. The van der Waals surface area contributed by atoms with Gasteiger partial charge in [0.1, 0.15) is 18.2 Å². The second kappa shape index (κ2) is 7.53. The van der Waals surface area contributed by atoms with Crippen LogP contribution >= 0.6 is 0 Å². The molecule has 4 aromatic rings. The molecule has 4 rings (SSSR count). The first-order valence-corrected chi connectivity index (χ1v) is 9.86. The van der Waals surface area contributed by atoms with Gasteiger partial charge in [0.15, 0.2) is 0 Å². The third-order valence-electron chi connectivity index (χ3n) is 5.49. The largest absolute Gasteiger partial charge is 0.341 e. The molecule has 0 spiro atoms. The Hall–Kier alpha value is -3.85. The molecule has 6 heteroatoms. The fourth-order valence-corrected chi connectivity index (χ4v) is 4.08. The van der Waals surface area contributed by atoms with Gasteiger partial charge in [-0.05, 0) is 56.7 Å². The van der Waals surface area contributed by atoms with E-state index in [0.717, 1.165) is 28.4 Å². The molecule has 150 valence electrons. The summed E-state index contributed by atoms with van der Waals surface area (Å²) in [6, 6.07) is 17.7. The van der Waals surface area contributed by atoms with Crippen LogP contribution in [0.4, 0.5) is 5.69 Å². The molecule has 2 aromatic heterocycles. The van der Waals surface area contributed by atoms with Crippen LogP contribution in [0.1, 0.15) is 23.7 Å². The molecule has 2 heterocycles. The Morgan fingerprint density at radius 3 is 2.50 bits per heavy atom. The van der Waals surface area contributed by atoms with Gasteiger partial charge >= 0.3 is 0 Å². The highest BCUT2D eigenvalue weighted by Gasteiger charge is 2.14. The Labute approximate surface area is 174 Å². The average Bonchev–Trinajstić information content (AvgIpc) is 3.04. The molecule has 6 nitrogen and oxygen atoms in total. The molecule has 0 bridgehead atoms. The molecule has 0 unspecified atom stereocenters. The number of pyridine rings is 1. The number of hydrogen-bond donors (Lipinski definition) is 1. The van der Waals surface area contributed by atoms with E-state index >= 15 is 0 Å². The number of carbonyl (C=O) groups excluding carboxylic acids is 1. The molecule has 2 aromatic carbocycles. The Kier molecular flexibility index (Phi) is 4.88. The standard InChI is InChI=1S/C24H22N4O2/c1-4-27-21-8-6-5-7-18(21)19-12-17(9-10-22(19)27)26-23(29)14-28-16(3)11-15(2)20(13-25)24(28)30/h5-12H,4,14H2,1-3H3,(H,26,29). The number of nitrogens with zero attached hydrogens (tertiary/aromatic N) is 3. The minimum absolute atomic E-state index is 0.0715. The summed E-state index contributed by atoms with van der Waals surface area (Å²) in [4.78, 5) is 25.2. The number of fused-ring (bicyclic) bond motifs is 3. The molecule has 1 amide bonds. The van der Waals surface area contributed by atoms with E-state index in [4.69, 9.17) is 0 Å². The van der Waals surface area contributed by atoms with Crippen molar-refractivity contribution in [2.75, 3.05) is 5.32 Å². The quantitative estimate of drug-likeness (QED) is 0.562. The van der Waals surface area contributed by atoms with Gasteiger partial charge in [0.05, 0.1) is 0 Å².